The highest BCUT2D eigenvalue weighted by atomic mass is 14.9. The summed E-state index contributed by atoms with van der Waals surface area (Å²) < 4.78 is 0. The zero-order valence-corrected chi connectivity index (χ0v) is 10.8. The van der Waals surface area contributed by atoms with Crippen LogP contribution in [-0.2, 0) is 0 Å². The zero-order valence-electron chi connectivity index (χ0n) is 10.8. The van der Waals surface area contributed by atoms with Gasteiger partial charge in [-0.2, -0.15) is 0 Å². The molecule has 0 aliphatic rings. The normalized spacial score (nSPS) is 10.6. The van der Waals surface area contributed by atoms with Crippen molar-refractivity contribution in [2.75, 3.05) is 10.6 Å². The van der Waals surface area contributed by atoms with Gasteiger partial charge in [0.15, 0.2) is 0 Å². The van der Waals surface area contributed by atoms with E-state index in [1.54, 1.807) is 0 Å². The van der Waals surface area contributed by atoms with Crippen LogP contribution < -0.4 is 10.6 Å². The lowest BCUT2D eigenvalue weighted by molar-refractivity contribution is 1.44. The van der Waals surface area contributed by atoms with Crippen molar-refractivity contribution >= 4 is 11.4 Å². The molecule has 0 saturated carbocycles. The number of rotatable bonds is 4. The van der Waals surface area contributed by atoms with Crippen LogP contribution in [0.3, 0.4) is 0 Å². The highest BCUT2D eigenvalue weighted by Gasteiger charge is 1.88. The lowest BCUT2D eigenvalue weighted by Crippen LogP contribution is -1.92. The fraction of sp³-hybridized carbons (Fsp3) is 0.125. The Hall–Kier alpha value is -2.22. The minimum Gasteiger partial charge on any atom is -0.360 e. The molecule has 2 nitrogen and oxygen atoms in total. The predicted octanol–water partition coefficient (Wildman–Crippen LogP) is 4.30. The van der Waals surface area contributed by atoms with Crippen LogP contribution in [0.5, 0.6) is 0 Å². The van der Waals surface area contributed by atoms with Gasteiger partial charge >= 0.3 is 0 Å². The molecule has 92 valence electrons. The second-order valence-electron chi connectivity index (χ2n) is 4.35. The molecule has 0 radical (unpaired) electrons. The van der Waals surface area contributed by atoms with Crippen LogP contribution in [0.4, 0.5) is 11.4 Å². The van der Waals surface area contributed by atoms with Gasteiger partial charge in [0.25, 0.3) is 0 Å². The van der Waals surface area contributed by atoms with E-state index in [9.17, 15) is 0 Å². The third-order valence-electron chi connectivity index (χ3n) is 2.69. The van der Waals surface area contributed by atoms with E-state index in [-0.39, 0.29) is 0 Å². The van der Waals surface area contributed by atoms with Crippen molar-refractivity contribution in [1.29, 1.82) is 0 Å². The zero-order chi connectivity index (χ0) is 12.8. The van der Waals surface area contributed by atoms with E-state index >= 15 is 0 Å². The van der Waals surface area contributed by atoms with Gasteiger partial charge < -0.3 is 10.6 Å². The topological polar surface area (TPSA) is 24.1 Å². The first-order valence-electron chi connectivity index (χ1n) is 6.05. The average molecular weight is 238 g/mol. The van der Waals surface area contributed by atoms with Crippen LogP contribution in [0.15, 0.2) is 60.9 Å². The number of benzene rings is 2. The first-order chi connectivity index (χ1) is 8.74. The average Bonchev–Trinajstić information content (AvgIpc) is 2.39. The molecule has 18 heavy (non-hydrogen) atoms. The quantitative estimate of drug-likeness (QED) is 0.830. The van der Waals surface area contributed by atoms with Gasteiger partial charge in [0.05, 0.1) is 0 Å². The Kier molecular flexibility index (Phi) is 4.02. The summed E-state index contributed by atoms with van der Waals surface area (Å²) in [5, 5.41) is 6.42. The summed E-state index contributed by atoms with van der Waals surface area (Å²) in [5.41, 5.74) is 4.70. The van der Waals surface area contributed by atoms with E-state index in [1.165, 1.54) is 11.1 Å². The Balaban J connectivity index is 1.85. The van der Waals surface area contributed by atoms with Crippen molar-refractivity contribution in [3.63, 3.8) is 0 Å². The Bertz CT molecular complexity index is 460. The molecule has 2 rings (SSSR count). The maximum absolute atomic E-state index is 3.21. The number of aryl methyl sites for hydroxylation is 2. The Morgan fingerprint density at radius 3 is 1.28 bits per heavy atom. The summed E-state index contributed by atoms with van der Waals surface area (Å²) >= 11 is 0. The molecule has 0 bridgehead atoms. The van der Waals surface area contributed by atoms with Gasteiger partial charge in [-0.05, 0) is 38.1 Å². The van der Waals surface area contributed by atoms with Crippen LogP contribution in [-0.4, -0.2) is 0 Å². The molecule has 0 aliphatic heterocycles. The monoisotopic (exact) mass is 238 g/mol. The molecule has 2 aromatic rings. The van der Waals surface area contributed by atoms with Gasteiger partial charge in [-0.15, -0.1) is 0 Å². The van der Waals surface area contributed by atoms with E-state index in [0.717, 1.165) is 11.4 Å². The first-order valence-corrected chi connectivity index (χ1v) is 6.05. The van der Waals surface area contributed by atoms with Crippen LogP contribution in [0, 0.1) is 13.8 Å². The molecule has 0 fully saturated rings. The van der Waals surface area contributed by atoms with Gasteiger partial charge in [0, 0.05) is 23.8 Å². The van der Waals surface area contributed by atoms with Gasteiger partial charge in [0.1, 0.15) is 0 Å². The minimum atomic E-state index is 1.09. The van der Waals surface area contributed by atoms with Crippen molar-refractivity contribution in [1.82, 2.24) is 0 Å². The largest absolute Gasteiger partial charge is 0.360 e. The highest BCUT2D eigenvalue weighted by Crippen LogP contribution is 2.10. The number of hydrogen-bond donors (Lipinski definition) is 2. The Morgan fingerprint density at radius 2 is 0.944 bits per heavy atom. The minimum absolute atomic E-state index is 1.09. The molecular weight excluding hydrogens is 220 g/mol. The number of nitrogens with one attached hydrogen (secondary N) is 2. The molecule has 0 unspecified atom stereocenters. The fourth-order valence-electron chi connectivity index (χ4n) is 1.58. The second-order valence-corrected chi connectivity index (χ2v) is 4.35. The predicted molar refractivity (Wildman–Crippen MR) is 78.7 cm³/mol. The molecule has 0 aliphatic carbocycles. The van der Waals surface area contributed by atoms with E-state index in [2.05, 4.69) is 73.0 Å². The Morgan fingerprint density at radius 1 is 0.611 bits per heavy atom. The van der Waals surface area contributed by atoms with Crippen molar-refractivity contribution in [2.45, 2.75) is 13.8 Å². The molecule has 2 N–H and O–H groups in total. The lowest BCUT2D eigenvalue weighted by atomic mass is 10.2. The third-order valence-corrected chi connectivity index (χ3v) is 2.69. The van der Waals surface area contributed by atoms with Crippen LogP contribution in [0.25, 0.3) is 0 Å². The Labute approximate surface area is 108 Å². The van der Waals surface area contributed by atoms with E-state index in [1.807, 2.05) is 12.4 Å². The molecule has 0 aromatic heterocycles. The molecule has 2 aromatic carbocycles. The van der Waals surface area contributed by atoms with Crippen molar-refractivity contribution in [2.24, 2.45) is 0 Å². The SMILES string of the molecule is Cc1ccc(N/C=C\Nc2ccc(C)cc2)cc1. The highest BCUT2D eigenvalue weighted by molar-refractivity contribution is 5.49. The van der Waals surface area contributed by atoms with E-state index in [4.69, 9.17) is 0 Å². The molecule has 0 spiro atoms. The molecule has 0 heterocycles. The summed E-state index contributed by atoms with van der Waals surface area (Å²) in [6.07, 6.45) is 3.79. The summed E-state index contributed by atoms with van der Waals surface area (Å²) in [4.78, 5) is 0. The van der Waals surface area contributed by atoms with Crippen LogP contribution in [0.2, 0.25) is 0 Å². The molecule has 0 saturated heterocycles. The summed E-state index contributed by atoms with van der Waals surface area (Å²) in [6.45, 7) is 4.16. The van der Waals surface area contributed by atoms with Crippen LogP contribution >= 0.6 is 0 Å². The standard InChI is InChI=1S/C16H18N2/c1-13-3-7-15(8-4-13)17-11-12-18-16-9-5-14(2)6-10-16/h3-12,17-18H,1-2H3/b12-11-. The summed E-state index contributed by atoms with van der Waals surface area (Å²) in [5.74, 6) is 0. The van der Waals surface area contributed by atoms with Gasteiger partial charge in [-0.1, -0.05) is 35.4 Å². The van der Waals surface area contributed by atoms with Gasteiger partial charge in [0.2, 0.25) is 0 Å². The molecule has 2 heteroatoms. The number of anilines is 2. The molecular formula is C16H18N2. The molecule has 0 amide bonds. The smallest absolute Gasteiger partial charge is 0.0380 e. The summed E-state index contributed by atoms with van der Waals surface area (Å²) in [6, 6.07) is 16.6. The van der Waals surface area contributed by atoms with E-state index < -0.39 is 0 Å². The van der Waals surface area contributed by atoms with Crippen LogP contribution in [0.1, 0.15) is 11.1 Å². The maximum atomic E-state index is 3.21. The van der Waals surface area contributed by atoms with Crippen molar-refractivity contribution in [3.05, 3.63) is 72.1 Å². The van der Waals surface area contributed by atoms with Crippen molar-refractivity contribution in [3.8, 4) is 0 Å². The lowest BCUT2D eigenvalue weighted by Gasteiger charge is -2.03. The fourth-order valence-corrected chi connectivity index (χ4v) is 1.58. The first kappa shape index (κ1) is 12.2. The second kappa shape index (κ2) is 5.92. The number of hydrogen-bond acceptors (Lipinski definition) is 2. The van der Waals surface area contributed by atoms with Gasteiger partial charge in [-0.3, -0.25) is 0 Å². The molecule has 0 atom stereocenters. The van der Waals surface area contributed by atoms with E-state index in [0.29, 0.717) is 0 Å². The van der Waals surface area contributed by atoms with Gasteiger partial charge in [-0.25, -0.2) is 0 Å². The maximum Gasteiger partial charge on any atom is 0.0380 e. The van der Waals surface area contributed by atoms with Crippen molar-refractivity contribution < 1.29 is 0 Å². The summed E-state index contributed by atoms with van der Waals surface area (Å²) in [7, 11) is 0. The third kappa shape index (κ3) is 3.67.